The second-order valence-corrected chi connectivity index (χ2v) is 11.3. The number of rotatable bonds is 8. The van der Waals surface area contributed by atoms with E-state index in [1.54, 1.807) is 0 Å². The summed E-state index contributed by atoms with van der Waals surface area (Å²) in [5, 5.41) is 9.22. The van der Waals surface area contributed by atoms with E-state index in [1.165, 1.54) is 6.26 Å². The largest absolute Gasteiger partial charge is 0.444 e. The van der Waals surface area contributed by atoms with Crippen LogP contribution in [0, 0.1) is 5.41 Å². The normalized spacial score (nSPS) is 16.6. The first-order valence-corrected chi connectivity index (χ1v) is 11.4. The Balaban J connectivity index is 0.00000729. The van der Waals surface area contributed by atoms with Crippen molar-refractivity contribution in [1.82, 2.24) is 16.0 Å². The van der Waals surface area contributed by atoms with Crippen molar-refractivity contribution in [3.8, 4) is 0 Å². The summed E-state index contributed by atoms with van der Waals surface area (Å²) in [6.45, 7) is 12.7. The Bertz CT molecular complexity index is 653. The van der Waals surface area contributed by atoms with Gasteiger partial charge in [0.15, 0.2) is 5.96 Å². The summed E-state index contributed by atoms with van der Waals surface area (Å²) >= 11 is 0. The lowest BCUT2D eigenvalue weighted by molar-refractivity contribution is 0.0476. The van der Waals surface area contributed by atoms with Gasteiger partial charge in [0.25, 0.3) is 0 Å². The number of sulfone groups is 1. The highest BCUT2D eigenvalue weighted by atomic mass is 127. The van der Waals surface area contributed by atoms with E-state index in [9.17, 15) is 13.2 Å². The average molecular weight is 532 g/mol. The van der Waals surface area contributed by atoms with Gasteiger partial charge in [0.05, 0.1) is 17.8 Å². The molecule has 0 bridgehead atoms. The molecule has 0 radical (unpaired) electrons. The van der Waals surface area contributed by atoms with Crippen LogP contribution in [-0.4, -0.2) is 63.3 Å². The molecular formula is C18H37IN4O4S. The van der Waals surface area contributed by atoms with Crippen LogP contribution < -0.4 is 16.0 Å². The molecule has 1 saturated carbocycles. The zero-order valence-electron chi connectivity index (χ0n) is 18.1. The van der Waals surface area contributed by atoms with E-state index in [2.05, 4.69) is 20.9 Å². The van der Waals surface area contributed by atoms with Gasteiger partial charge in [-0.3, -0.25) is 4.99 Å². The Morgan fingerprint density at radius 1 is 1.14 bits per heavy atom. The van der Waals surface area contributed by atoms with Crippen LogP contribution in [-0.2, 0) is 14.6 Å². The molecule has 0 aliphatic heterocycles. The molecule has 0 atom stereocenters. The number of carbonyl (C=O) groups excluding carboxylic acids is 1. The third-order valence-corrected chi connectivity index (χ3v) is 5.11. The Kier molecular flexibility index (Phi) is 10.0. The highest BCUT2D eigenvalue weighted by molar-refractivity contribution is 14.0. The van der Waals surface area contributed by atoms with Crippen LogP contribution in [0.1, 0.15) is 54.4 Å². The number of nitrogens with zero attached hydrogens (tertiary/aromatic N) is 1. The van der Waals surface area contributed by atoms with Gasteiger partial charge in [-0.15, -0.1) is 24.0 Å². The lowest BCUT2D eigenvalue weighted by Gasteiger charge is -2.27. The third kappa shape index (κ3) is 11.9. The zero-order valence-corrected chi connectivity index (χ0v) is 21.3. The number of guanidine groups is 1. The van der Waals surface area contributed by atoms with Crippen LogP contribution >= 0.6 is 24.0 Å². The number of ether oxygens (including phenoxy) is 1. The predicted octanol–water partition coefficient (Wildman–Crippen LogP) is 2.29. The SMILES string of the molecule is CCNC(=NCC(C)(C)NC(=O)OC(C)(C)C)NCC1(CS(C)(=O)=O)CC1.I. The number of halogens is 1. The second kappa shape index (κ2) is 10.3. The molecule has 0 aromatic carbocycles. The Labute approximate surface area is 187 Å². The Hall–Kier alpha value is -0.780. The zero-order chi connectivity index (χ0) is 20.9. The number of hydrogen-bond donors (Lipinski definition) is 3. The first-order valence-electron chi connectivity index (χ1n) is 9.36. The van der Waals surface area contributed by atoms with Crippen molar-refractivity contribution >= 4 is 45.9 Å². The summed E-state index contributed by atoms with van der Waals surface area (Å²) < 4.78 is 28.5. The van der Waals surface area contributed by atoms with Gasteiger partial charge in [-0.05, 0) is 54.4 Å². The molecule has 0 saturated heterocycles. The van der Waals surface area contributed by atoms with Crippen LogP contribution in [0.15, 0.2) is 4.99 Å². The number of alkyl carbamates (subject to hydrolysis) is 1. The smallest absolute Gasteiger partial charge is 0.408 e. The van der Waals surface area contributed by atoms with Crippen molar-refractivity contribution in [2.75, 3.05) is 31.6 Å². The molecular weight excluding hydrogens is 495 g/mol. The topological polar surface area (TPSA) is 109 Å². The second-order valence-electron chi connectivity index (χ2n) is 9.13. The van der Waals surface area contributed by atoms with Crippen LogP contribution in [0.3, 0.4) is 0 Å². The third-order valence-electron chi connectivity index (χ3n) is 3.97. The maximum Gasteiger partial charge on any atom is 0.408 e. The molecule has 1 rings (SSSR count). The van der Waals surface area contributed by atoms with Gasteiger partial charge in [0.1, 0.15) is 15.4 Å². The molecule has 28 heavy (non-hydrogen) atoms. The average Bonchev–Trinajstić information content (AvgIpc) is 3.16. The van der Waals surface area contributed by atoms with E-state index >= 15 is 0 Å². The van der Waals surface area contributed by atoms with E-state index < -0.39 is 27.1 Å². The predicted molar refractivity (Wildman–Crippen MR) is 124 cm³/mol. The van der Waals surface area contributed by atoms with Gasteiger partial charge in [-0.25, -0.2) is 13.2 Å². The van der Waals surface area contributed by atoms with Gasteiger partial charge in [0.2, 0.25) is 0 Å². The molecule has 0 aromatic rings. The molecule has 10 heteroatoms. The molecule has 1 aliphatic rings. The maximum atomic E-state index is 12.0. The number of amides is 1. The van der Waals surface area contributed by atoms with Crippen molar-refractivity contribution in [3.63, 3.8) is 0 Å². The van der Waals surface area contributed by atoms with Gasteiger partial charge < -0.3 is 20.7 Å². The molecule has 0 spiro atoms. The van der Waals surface area contributed by atoms with Crippen molar-refractivity contribution in [2.45, 2.75) is 65.5 Å². The maximum absolute atomic E-state index is 12.0. The Morgan fingerprint density at radius 2 is 1.71 bits per heavy atom. The summed E-state index contributed by atoms with van der Waals surface area (Å²) in [6, 6.07) is 0. The minimum atomic E-state index is -3.01. The van der Waals surface area contributed by atoms with Crippen molar-refractivity contribution in [2.24, 2.45) is 10.4 Å². The summed E-state index contributed by atoms with van der Waals surface area (Å²) in [6.07, 6.45) is 2.60. The summed E-state index contributed by atoms with van der Waals surface area (Å²) in [5.74, 6) is 0.800. The molecule has 1 amide bonds. The number of hydrogen-bond acceptors (Lipinski definition) is 5. The van der Waals surface area contributed by atoms with Crippen molar-refractivity contribution in [1.29, 1.82) is 0 Å². The lowest BCUT2D eigenvalue weighted by atomic mass is 10.1. The molecule has 0 unspecified atom stereocenters. The fraction of sp³-hybridized carbons (Fsp3) is 0.889. The summed E-state index contributed by atoms with van der Waals surface area (Å²) in [7, 11) is -3.01. The highest BCUT2D eigenvalue weighted by Crippen LogP contribution is 2.45. The lowest BCUT2D eigenvalue weighted by Crippen LogP contribution is -2.49. The van der Waals surface area contributed by atoms with E-state index in [4.69, 9.17) is 4.74 Å². The minimum Gasteiger partial charge on any atom is -0.444 e. The minimum absolute atomic E-state index is 0. The number of nitrogens with one attached hydrogen (secondary N) is 3. The van der Waals surface area contributed by atoms with Gasteiger partial charge in [-0.1, -0.05) is 0 Å². The van der Waals surface area contributed by atoms with E-state index in [-0.39, 0.29) is 35.1 Å². The monoisotopic (exact) mass is 532 g/mol. The molecule has 166 valence electrons. The van der Waals surface area contributed by atoms with Gasteiger partial charge >= 0.3 is 6.09 Å². The van der Waals surface area contributed by atoms with Crippen LogP contribution in [0.2, 0.25) is 0 Å². The number of aliphatic imine (C=N–C) groups is 1. The summed E-state index contributed by atoms with van der Waals surface area (Å²) in [5.41, 5.74) is -1.33. The first kappa shape index (κ1) is 27.2. The Morgan fingerprint density at radius 3 is 2.14 bits per heavy atom. The molecule has 8 nitrogen and oxygen atoms in total. The van der Waals surface area contributed by atoms with E-state index in [0.29, 0.717) is 25.6 Å². The fourth-order valence-corrected chi connectivity index (χ4v) is 4.12. The highest BCUT2D eigenvalue weighted by Gasteiger charge is 2.45. The molecule has 1 aliphatic carbocycles. The van der Waals surface area contributed by atoms with Crippen LogP contribution in [0.25, 0.3) is 0 Å². The van der Waals surface area contributed by atoms with Crippen LogP contribution in [0.5, 0.6) is 0 Å². The van der Waals surface area contributed by atoms with Gasteiger partial charge in [0, 0.05) is 24.8 Å². The molecule has 0 aromatic heterocycles. The van der Waals surface area contributed by atoms with E-state index in [0.717, 1.165) is 12.8 Å². The molecule has 0 heterocycles. The van der Waals surface area contributed by atoms with Crippen LogP contribution in [0.4, 0.5) is 4.79 Å². The number of carbonyl (C=O) groups is 1. The standard InChI is InChI=1S/C18H36N4O4S.HI/c1-8-19-14(21-12-18(9-10-18)13-27(7,24)25)20-11-17(5,6)22-15(23)26-16(2,3)4;/h8-13H2,1-7H3,(H,22,23)(H2,19,20,21);1H. The molecule has 3 N–H and O–H groups in total. The van der Waals surface area contributed by atoms with Crippen molar-refractivity contribution in [3.05, 3.63) is 0 Å². The summed E-state index contributed by atoms with van der Waals surface area (Å²) in [4.78, 5) is 16.5. The van der Waals surface area contributed by atoms with Crippen molar-refractivity contribution < 1.29 is 17.9 Å². The van der Waals surface area contributed by atoms with E-state index in [1.807, 2.05) is 41.5 Å². The first-order chi connectivity index (χ1) is 12.2. The molecule has 1 fully saturated rings. The quantitative estimate of drug-likeness (QED) is 0.252. The van der Waals surface area contributed by atoms with Gasteiger partial charge in [-0.2, -0.15) is 0 Å². The fourth-order valence-electron chi connectivity index (χ4n) is 2.61.